The van der Waals surface area contributed by atoms with Gasteiger partial charge in [-0.15, -0.1) is 11.3 Å². The molecule has 1 radical (unpaired) electrons. The van der Waals surface area contributed by atoms with E-state index in [4.69, 9.17) is 0 Å². The number of halogens is 3. The molecule has 6 heteroatoms. The van der Waals surface area contributed by atoms with Crippen LogP contribution in [0.5, 0.6) is 0 Å². The first-order valence-corrected chi connectivity index (χ1v) is 6.70. The van der Waals surface area contributed by atoms with Gasteiger partial charge in [0, 0.05) is 39.8 Å². The Morgan fingerprint density at radius 1 is 1.50 bits per heavy atom. The second kappa shape index (κ2) is 6.73. The van der Waals surface area contributed by atoms with Crippen LogP contribution in [0.4, 0.5) is 4.39 Å². The van der Waals surface area contributed by atoms with E-state index in [0.717, 1.165) is 0 Å². The SMILES string of the molecule is CN1C(=O)C(Br)C[C-]=C1c1c(F)cccc1Br.[Y]. The van der Waals surface area contributed by atoms with Crippen molar-refractivity contribution in [2.24, 2.45) is 0 Å². The summed E-state index contributed by atoms with van der Waals surface area (Å²) < 4.78 is 14.4. The van der Waals surface area contributed by atoms with Gasteiger partial charge >= 0.3 is 0 Å². The summed E-state index contributed by atoms with van der Waals surface area (Å²) in [5.41, 5.74) is 0.860. The summed E-state index contributed by atoms with van der Waals surface area (Å²) in [7, 11) is 1.62. The summed E-state index contributed by atoms with van der Waals surface area (Å²) >= 11 is 6.55. The Morgan fingerprint density at radius 2 is 2.17 bits per heavy atom. The van der Waals surface area contributed by atoms with Gasteiger partial charge in [0.1, 0.15) is 0 Å². The first-order chi connectivity index (χ1) is 8.02. The third-order valence-electron chi connectivity index (χ3n) is 2.58. The minimum Gasteiger partial charge on any atom is -0.349 e. The van der Waals surface area contributed by atoms with Gasteiger partial charge in [-0.05, 0) is 6.07 Å². The number of hydrogen-bond donors (Lipinski definition) is 0. The van der Waals surface area contributed by atoms with Crippen molar-refractivity contribution in [2.75, 3.05) is 7.05 Å². The summed E-state index contributed by atoms with van der Waals surface area (Å²) in [6.07, 6.45) is 3.50. The van der Waals surface area contributed by atoms with Crippen LogP contribution < -0.4 is 0 Å². The molecule has 1 unspecified atom stereocenters. The molecule has 1 amide bonds. The molecule has 0 aromatic heterocycles. The summed E-state index contributed by atoms with van der Waals surface area (Å²) in [6.45, 7) is 0. The molecule has 0 fully saturated rings. The second-order valence-electron chi connectivity index (χ2n) is 3.69. The van der Waals surface area contributed by atoms with E-state index in [2.05, 4.69) is 37.9 Å². The number of allylic oxidation sites excluding steroid dienone is 1. The fraction of sp³-hybridized carbons (Fsp3) is 0.250. The van der Waals surface area contributed by atoms with Crippen LogP contribution in [0.3, 0.4) is 0 Å². The van der Waals surface area contributed by atoms with Gasteiger partial charge in [-0.25, -0.2) is 10.5 Å². The normalized spacial score (nSPS) is 19.3. The number of rotatable bonds is 1. The largest absolute Gasteiger partial charge is 0.349 e. The molecule has 0 aliphatic carbocycles. The van der Waals surface area contributed by atoms with Crippen LogP contribution in [0.25, 0.3) is 5.70 Å². The average Bonchev–Trinajstić information content (AvgIpc) is 2.29. The average molecular weight is 451 g/mol. The van der Waals surface area contributed by atoms with E-state index in [9.17, 15) is 9.18 Å². The van der Waals surface area contributed by atoms with Gasteiger partial charge in [0.25, 0.3) is 0 Å². The zero-order valence-electron chi connectivity index (χ0n) is 9.58. The molecule has 18 heavy (non-hydrogen) atoms. The molecule has 2 nitrogen and oxygen atoms in total. The molecule has 93 valence electrons. The summed E-state index contributed by atoms with van der Waals surface area (Å²) in [5, 5.41) is 0. The predicted octanol–water partition coefficient (Wildman–Crippen LogP) is 3.36. The van der Waals surface area contributed by atoms with Crippen LogP contribution in [0.15, 0.2) is 22.7 Å². The van der Waals surface area contributed by atoms with Gasteiger partial charge in [-0.3, -0.25) is 4.79 Å². The number of amides is 1. The molecular formula is C12H9Br2FNOY-. The smallest absolute Gasteiger partial charge is 0.236 e. The van der Waals surface area contributed by atoms with E-state index in [1.165, 1.54) is 11.0 Å². The molecule has 0 spiro atoms. The monoisotopic (exact) mass is 449 g/mol. The van der Waals surface area contributed by atoms with Gasteiger partial charge in [-0.1, -0.05) is 54.9 Å². The van der Waals surface area contributed by atoms with E-state index >= 15 is 0 Å². The van der Waals surface area contributed by atoms with Gasteiger partial charge < -0.3 is 4.90 Å². The fourth-order valence-corrected chi connectivity index (χ4v) is 2.69. The Morgan fingerprint density at radius 3 is 2.78 bits per heavy atom. The quantitative estimate of drug-likeness (QED) is 0.474. The molecule has 0 saturated heterocycles. The van der Waals surface area contributed by atoms with Crippen LogP contribution in [0, 0.1) is 11.9 Å². The third-order valence-corrected chi connectivity index (χ3v) is 3.96. The molecule has 1 aromatic rings. The standard InChI is InChI=1S/C12H9Br2FNO.Y/c1-16-10(6-5-8(14)12(16)17)11-7(13)3-2-4-9(11)15;/h2-4,8H,5H2,1H3;/q-1;. The second-order valence-corrected chi connectivity index (χ2v) is 5.65. The Balaban J connectivity index is 0.00000162. The van der Waals surface area contributed by atoms with Gasteiger partial charge in [0.15, 0.2) is 0 Å². The number of carbonyl (C=O) groups excluding carboxylic acids is 1. The van der Waals surface area contributed by atoms with Crippen LogP contribution in [-0.2, 0) is 37.5 Å². The minimum atomic E-state index is -0.366. The fourth-order valence-electron chi connectivity index (χ4n) is 1.69. The van der Waals surface area contributed by atoms with Crippen molar-refractivity contribution in [1.29, 1.82) is 0 Å². The van der Waals surface area contributed by atoms with Gasteiger partial charge in [-0.2, -0.15) is 0 Å². The Labute approximate surface area is 147 Å². The Kier molecular flexibility index (Phi) is 6.16. The van der Waals surface area contributed by atoms with E-state index in [1.54, 1.807) is 19.2 Å². The molecule has 2 rings (SSSR count). The molecule has 0 saturated carbocycles. The zero-order chi connectivity index (χ0) is 12.6. The van der Waals surface area contributed by atoms with Crippen molar-refractivity contribution in [1.82, 2.24) is 4.90 Å². The molecule has 0 bridgehead atoms. The third kappa shape index (κ3) is 3.11. The van der Waals surface area contributed by atoms with Crippen molar-refractivity contribution in [2.45, 2.75) is 11.2 Å². The van der Waals surface area contributed by atoms with E-state index in [1.807, 2.05) is 0 Å². The predicted molar refractivity (Wildman–Crippen MR) is 70.9 cm³/mol. The van der Waals surface area contributed by atoms with Crippen molar-refractivity contribution >= 4 is 43.5 Å². The maximum absolute atomic E-state index is 13.8. The van der Waals surface area contributed by atoms with Gasteiger partial charge in [0.05, 0.1) is 10.6 Å². The van der Waals surface area contributed by atoms with Crippen LogP contribution >= 0.6 is 31.9 Å². The molecule has 0 N–H and O–H groups in total. The molecule has 1 aliphatic heterocycles. The van der Waals surface area contributed by atoms with Crippen molar-refractivity contribution < 1.29 is 41.9 Å². The number of benzene rings is 1. The summed E-state index contributed by atoms with van der Waals surface area (Å²) in [4.78, 5) is 13.0. The summed E-state index contributed by atoms with van der Waals surface area (Å²) in [6, 6.07) is 4.72. The van der Waals surface area contributed by atoms with Crippen molar-refractivity contribution in [3.05, 3.63) is 40.1 Å². The maximum Gasteiger partial charge on any atom is 0.236 e. The topological polar surface area (TPSA) is 20.3 Å². The van der Waals surface area contributed by atoms with Crippen molar-refractivity contribution in [3.63, 3.8) is 0 Å². The number of alkyl halides is 1. The Hall–Kier alpha value is 0.424. The molecule has 1 aliphatic rings. The molecule has 1 heterocycles. The number of hydrogen-bond acceptors (Lipinski definition) is 1. The van der Waals surface area contributed by atoms with E-state index in [0.29, 0.717) is 22.2 Å². The van der Waals surface area contributed by atoms with Crippen LogP contribution in [0.2, 0.25) is 0 Å². The van der Waals surface area contributed by atoms with Gasteiger partial charge in [0.2, 0.25) is 5.91 Å². The first-order valence-electron chi connectivity index (χ1n) is 4.99. The number of carbonyl (C=O) groups is 1. The minimum absolute atomic E-state index is 0. The molecular weight excluding hydrogens is 442 g/mol. The summed E-state index contributed by atoms with van der Waals surface area (Å²) in [5.74, 6) is -0.455. The molecule has 1 aromatic carbocycles. The van der Waals surface area contributed by atoms with E-state index in [-0.39, 0.29) is 49.3 Å². The van der Waals surface area contributed by atoms with Crippen molar-refractivity contribution in [3.8, 4) is 0 Å². The first kappa shape index (κ1) is 16.5. The van der Waals surface area contributed by atoms with Crippen LogP contribution in [0.1, 0.15) is 12.0 Å². The molecule has 1 atom stereocenters. The van der Waals surface area contributed by atoms with E-state index < -0.39 is 0 Å². The zero-order valence-corrected chi connectivity index (χ0v) is 15.6. The van der Waals surface area contributed by atoms with Crippen LogP contribution in [-0.4, -0.2) is 22.7 Å². The maximum atomic E-state index is 13.8. The number of nitrogens with zero attached hydrogens (tertiary/aromatic N) is 1. The Bertz CT molecular complexity index is 487.